The van der Waals surface area contributed by atoms with Crippen molar-refractivity contribution in [3.8, 4) is 11.1 Å². The van der Waals surface area contributed by atoms with E-state index >= 15 is 0 Å². The predicted molar refractivity (Wildman–Crippen MR) is 221 cm³/mol. The van der Waals surface area contributed by atoms with Gasteiger partial charge in [0.15, 0.2) is 0 Å². The molecule has 6 atom stereocenters. The van der Waals surface area contributed by atoms with Gasteiger partial charge in [0, 0.05) is 17.3 Å². The van der Waals surface area contributed by atoms with Crippen LogP contribution in [-0.2, 0) is 38.0 Å². The highest BCUT2D eigenvalue weighted by Gasteiger charge is 2.58. The summed E-state index contributed by atoms with van der Waals surface area (Å²) < 4.78 is 5.90. The monoisotopic (exact) mass is 749 g/mol. The summed E-state index contributed by atoms with van der Waals surface area (Å²) in [6.07, 6.45) is 8.36. The van der Waals surface area contributed by atoms with Gasteiger partial charge in [0.1, 0.15) is 6.61 Å². The molecule has 4 N–H and O–H groups in total. The molecule has 4 aromatic carbocycles. The highest BCUT2D eigenvalue weighted by atomic mass is 16.5. The number of aryl methyl sites for hydroxylation is 2. The fourth-order valence-corrected chi connectivity index (χ4v) is 12.7. The topological polar surface area (TPSA) is 111 Å². The van der Waals surface area contributed by atoms with Crippen LogP contribution in [0.15, 0.2) is 84.9 Å². The van der Waals surface area contributed by atoms with Crippen LogP contribution in [0.5, 0.6) is 0 Å². The molecular weight excluding hydrogens is 695 g/mol. The molecule has 0 radical (unpaired) electrons. The molecule has 0 heterocycles. The van der Waals surface area contributed by atoms with Gasteiger partial charge in [-0.1, -0.05) is 101 Å². The Kier molecular flexibility index (Phi) is 8.75. The molecule has 0 aliphatic heterocycles. The van der Waals surface area contributed by atoms with E-state index in [1.165, 1.54) is 44.5 Å². The lowest BCUT2D eigenvalue weighted by Crippen LogP contribution is -2.60. The third-order valence-corrected chi connectivity index (χ3v) is 15.6. The second-order valence-electron chi connectivity index (χ2n) is 18.6. The van der Waals surface area contributed by atoms with Crippen LogP contribution in [0.1, 0.15) is 118 Å². The molecule has 0 saturated heterocycles. The Labute approximate surface area is 331 Å². The highest BCUT2D eigenvalue weighted by molar-refractivity contribution is 6.01. The summed E-state index contributed by atoms with van der Waals surface area (Å²) in [6, 6.07) is 29.1. The molecule has 4 aromatic rings. The second-order valence-corrected chi connectivity index (χ2v) is 18.6. The number of carbonyl (C=O) groups is 3. The van der Waals surface area contributed by atoms with Crippen LogP contribution in [0.4, 0.5) is 16.2 Å². The van der Waals surface area contributed by atoms with Crippen molar-refractivity contribution >= 4 is 29.3 Å². The zero-order valence-corrected chi connectivity index (χ0v) is 33.3. The number of nitrogens with two attached hydrogens (primary N) is 1. The van der Waals surface area contributed by atoms with Crippen molar-refractivity contribution in [3.05, 3.63) is 118 Å². The molecule has 7 heteroatoms. The number of benzene rings is 4. The Balaban J connectivity index is 0.909. The molecule has 0 unspecified atom stereocenters. The minimum atomic E-state index is -0.710. The van der Waals surface area contributed by atoms with Crippen molar-refractivity contribution in [1.29, 1.82) is 0 Å². The molecule has 5 aliphatic carbocycles. The average Bonchev–Trinajstić information content (AvgIpc) is 3.50. The third kappa shape index (κ3) is 5.62. The third-order valence-electron chi connectivity index (χ3n) is 15.6. The van der Waals surface area contributed by atoms with E-state index in [1.54, 1.807) is 0 Å². The molecule has 0 aromatic heterocycles. The van der Waals surface area contributed by atoms with Crippen LogP contribution in [0.2, 0.25) is 0 Å². The fraction of sp³-hybridized carbons (Fsp3) is 0.449. The summed E-state index contributed by atoms with van der Waals surface area (Å²) in [7, 11) is 0. The molecule has 5 aliphatic rings. The number of hydrogen-bond acceptors (Lipinski definition) is 5. The summed E-state index contributed by atoms with van der Waals surface area (Å²) >= 11 is 0. The quantitative estimate of drug-likeness (QED) is 0.139. The number of nitrogen functional groups attached to an aromatic ring is 1. The van der Waals surface area contributed by atoms with Crippen molar-refractivity contribution in [2.45, 2.75) is 109 Å². The van der Waals surface area contributed by atoms with Gasteiger partial charge in [0.2, 0.25) is 11.8 Å². The van der Waals surface area contributed by atoms with Crippen molar-refractivity contribution in [3.63, 3.8) is 0 Å². The number of fused-ring (bicyclic) bond motifs is 9. The number of amides is 3. The average molecular weight is 750 g/mol. The lowest BCUT2D eigenvalue weighted by Gasteiger charge is -2.56. The number of anilines is 2. The van der Waals surface area contributed by atoms with Gasteiger partial charge in [0.25, 0.3) is 0 Å². The van der Waals surface area contributed by atoms with E-state index in [9.17, 15) is 14.4 Å². The number of imide groups is 1. The Morgan fingerprint density at radius 2 is 1.20 bits per heavy atom. The first-order chi connectivity index (χ1) is 26.8. The smallest absolute Gasteiger partial charge is 0.411 e. The Morgan fingerprint density at radius 3 is 1.77 bits per heavy atom. The Hall–Kier alpha value is -4.91. The van der Waals surface area contributed by atoms with E-state index in [0.29, 0.717) is 5.69 Å². The zero-order valence-electron chi connectivity index (χ0n) is 33.3. The highest BCUT2D eigenvalue weighted by Crippen LogP contribution is 2.60. The number of rotatable bonds is 5. The lowest BCUT2D eigenvalue weighted by atomic mass is 9.49. The van der Waals surface area contributed by atoms with Crippen LogP contribution >= 0.6 is 0 Å². The maximum absolute atomic E-state index is 14.6. The van der Waals surface area contributed by atoms with Crippen LogP contribution in [0, 0.1) is 22.7 Å². The lowest BCUT2D eigenvalue weighted by molar-refractivity contribution is -0.150. The van der Waals surface area contributed by atoms with Crippen molar-refractivity contribution < 1.29 is 19.1 Å². The first-order valence-corrected chi connectivity index (χ1v) is 20.9. The van der Waals surface area contributed by atoms with Gasteiger partial charge in [-0.3, -0.25) is 20.2 Å². The molecule has 2 saturated carbocycles. The van der Waals surface area contributed by atoms with E-state index in [0.717, 1.165) is 69.9 Å². The fourth-order valence-electron chi connectivity index (χ4n) is 12.7. The minimum absolute atomic E-state index is 0.0155. The number of ether oxygens (including phenoxy) is 1. The minimum Gasteiger partial charge on any atom is -0.448 e. The van der Waals surface area contributed by atoms with Crippen LogP contribution < -0.4 is 16.4 Å². The number of nitrogens with one attached hydrogen (secondary N) is 2. The van der Waals surface area contributed by atoms with Crippen molar-refractivity contribution in [2.75, 3.05) is 17.7 Å². The summed E-state index contributed by atoms with van der Waals surface area (Å²) in [4.78, 5) is 42.5. The van der Waals surface area contributed by atoms with E-state index in [4.69, 9.17) is 10.5 Å². The molecule has 56 heavy (non-hydrogen) atoms. The van der Waals surface area contributed by atoms with Gasteiger partial charge in [-0.05, 0) is 143 Å². The largest absolute Gasteiger partial charge is 0.448 e. The summed E-state index contributed by atoms with van der Waals surface area (Å²) in [5.74, 6) is -0.103. The maximum Gasteiger partial charge on any atom is 0.411 e. The standard InChI is InChI=1S/C49H55N3O4/c1-46-23-9-25-48(3,41(46)21-17-30-15-19-32(50)27-39(30)46)43(53)52-44(54)49(4)26-10-24-47(2)40-28-33(20-16-31(40)18-22-42(47)49)51-45(55)56-29-38-36-13-7-5-11-34(36)35-12-6-8-14-37(35)38/h5-8,11-16,19-20,27-28,38,41-42H,9-10,17-18,21-26,29,50H2,1-4H3,(H,51,55)(H,52,53,54)/t41-,42-,46-,47-,48+,49+/m1/s1. The molecule has 3 amide bonds. The second kappa shape index (κ2) is 13.3. The SMILES string of the molecule is C[C@]1(C(=O)NC(=O)[C@@]2(C)CCC[C@]3(C)c4cc(NC(=O)OCC5c6ccccc6-c6ccccc65)ccc4CC[C@@H]23)CCC[C@]2(C)c3cc(N)ccc3CC[C@@H]12. The first-order valence-electron chi connectivity index (χ1n) is 20.9. The molecule has 2 fully saturated rings. The van der Waals surface area contributed by atoms with E-state index < -0.39 is 16.9 Å². The van der Waals surface area contributed by atoms with Gasteiger partial charge in [-0.25, -0.2) is 4.79 Å². The summed E-state index contributed by atoms with van der Waals surface area (Å²) in [5, 5.41) is 6.10. The van der Waals surface area contributed by atoms with Crippen molar-refractivity contribution in [2.24, 2.45) is 22.7 Å². The van der Waals surface area contributed by atoms with Gasteiger partial charge in [-0.2, -0.15) is 0 Å². The summed E-state index contributed by atoms with van der Waals surface area (Å²) in [6.45, 7) is 9.04. The number of hydrogen-bond donors (Lipinski definition) is 3. The molecule has 0 spiro atoms. The van der Waals surface area contributed by atoms with Crippen LogP contribution in [-0.4, -0.2) is 24.5 Å². The summed E-state index contributed by atoms with van der Waals surface area (Å²) in [5.41, 5.74) is 15.7. The predicted octanol–water partition coefficient (Wildman–Crippen LogP) is 9.99. The first kappa shape index (κ1) is 36.7. The van der Waals surface area contributed by atoms with Gasteiger partial charge in [-0.15, -0.1) is 0 Å². The van der Waals surface area contributed by atoms with Crippen molar-refractivity contribution in [1.82, 2.24) is 5.32 Å². The number of carbonyl (C=O) groups excluding carboxylic acids is 3. The van der Waals surface area contributed by atoms with E-state index in [1.807, 2.05) is 36.4 Å². The molecule has 290 valence electrons. The van der Waals surface area contributed by atoms with Crippen LogP contribution in [0.25, 0.3) is 11.1 Å². The maximum atomic E-state index is 14.6. The Morgan fingerprint density at radius 1 is 0.679 bits per heavy atom. The van der Waals surface area contributed by atoms with E-state index in [2.05, 4.69) is 86.9 Å². The normalized spacial score (nSPS) is 30.0. The Bertz CT molecular complexity index is 2220. The van der Waals surface area contributed by atoms with Gasteiger partial charge in [0.05, 0.1) is 10.8 Å². The molecule has 9 rings (SSSR count). The van der Waals surface area contributed by atoms with Gasteiger partial charge < -0.3 is 10.5 Å². The zero-order chi connectivity index (χ0) is 39.0. The molecule has 7 nitrogen and oxygen atoms in total. The van der Waals surface area contributed by atoms with Crippen LogP contribution in [0.3, 0.4) is 0 Å². The van der Waals surface area contributed by atoms with E-state index in [-0.39, 0.29) is 47.0 Å². The van der Waals surface area contributed by atoms with Gasteiger partial charge >= 0.3 is 6.09 Å². The molecular formula is C49H55N3O4. The molecule has 0 bridgehead atoms.